The second kappa shape index (κ2) is 6.34. The number of ether oxygens (including phenoxy) is 1. The molecular formula is C16H25NO4. The summed E-state index contributed by atoms with van der Waals surface area (Å²) in [4.78, 5) is 25.8. The minimum absolute atomic E-state index is 0.0206. The third kappa shape index (κ3) is 3.07. The third-order valence-corrected chi connectivity index (χ3v) is 5.37. The van der Waals surface area contributed by atoms with Gasteiger partial charge < -0.3 is 14.7 Å². The molecule has 4 atom stereocenters. The van der Waals surface area contributed by atoms with Crippen LogP contribution in [-0.4, -0.2) is 46.7 Å². The second-order valence-corrected chi connectivity index (χ2v) is 6.68. The predicted molar refractivity (Wildman–Crippen MR) is 76.8 cm³/mol. The smallest absolute Gasteiger partial charge is 0.326 e. The quantitative estimate of drug-likeness (QED) is 0.863. The third-order valence-electron chi connectivity index (χ3n) is 5.37. The highest BCUT2D eigenvalue weighted by Gasteiger charge is 2.47. The molecule has 2 heterocycles. The first-order valence-electron chi connectivity index (χ1n) is 8.32. The highest BCUT2D eigenvalue weighted by molar-refractivity contribution is 5.84. The summed E-state index contributed by atoms with van der Waals surface area (Å²) in [6.45, 7) is 0.797. The molecule has 0 aromatic heterocycles. The van der Waals surface area contributed by atoms with Crippen LogP contribution >= 0.6 is 0 Å². The summed E-state index contributed by atoms with van der Waals surface area (Å²) in [5, 5.41) is 9.44. The van der Waals surface area contributed by atoms with Gasteiger partial charge in [0.05, 0.1) is 6.10 Å². The van der Waals surface area contributed by atoms with Crippen molar-refractivity contribution in [3.05, 3.63) is 0 Å². The maximum atomic E-state index is 12.6. The van der Waals surface area contributed by atoms with Gasteiger partial charge in [-0.15, -0.1) is 0 Å². The zero-order valence-corrected chi connectivity index (χ0v) is 12.5. The maximum absolute atomic E-state index is 12.6. The molecule has 0 unspecified atom stereocenters. The Balaban J connectivity index is 1.64. The number of carboxylic acids is 1. The predicted octanol–water partition coefficient (Wildman–Crippen LogP) is 2.19. The fourth-order valence-corrected chi connectivity index (χ4v) is 4.32. The highest BCUT2D eigenvalue weighted by Crippen LogP contribution is 2.40. The first-order chi connectivity index (χ1) is 10.2. The number of carbonyl (C=O) groups excluding carboxylic acids is 1. The lowest BCUT2D eigenvalue weighted by molar-refractivity contribution is -0.150. The normalized spacial score (nSPS) is 35.7. The topological polar surface area (TPSA) is 66.8 Å². The number of carbonyl (C=O) groups is 2. The van der Waals surface area contributed by atoms with Gasteiger partial charge in [0.15, 0.2) is 0 Å². The summed E-state index contributed by atoms with van der Waals surface area (Å²) < 4.78 is 5.56. The zero-order chi connectivity index (χ0) is 14.8. The van der Waals surface area contributed by atoms with E-state index in [1.165, 1.54) is 6.42 Å². The summed E-state index contributed by atoms with van der Waals surface area (Å²) >= 11 is 0. The lowest BCUT2D eigenvalue weighted by Crippen LogP contribution is -2.46. The van der Waals surface area contributed by atoms with Gasteiger partial charge in [0.25, 0.3) is 0 Å². The number of nitrogens with zero attached hydrogens (tertiary/aromatic N) is 1. The molecular weight excluding hydrogens is 270 g/mol. The van der Waals surface area contributed by atoms with Crippen molar-refractivity contribution in [1.29, 1.82) is 0 Å². The molecule has 1 amide bonds. The van der Waals surface area contributed by atoms with Crippen molar-refractivity contribution in [1.82, 2.24) is 4.90 Å². The minimum Gasteiger partial charge on any atom is -0.480 e. The Morgan fingerprint density at radius 3 is 2.67 bits per heavy atom. The Morgan fingerprint density at radius 2 is 1.95 bits per heavy atom. The number of carboxylic acid groups (broad SMARTS) is 1. The minimum atomic E-state index is -0.838. The van der Waals surface area contributed by atoms with Crippen LogP contribution in [-0.2, 0) is 14.3 Å². The molecule has 1 saturated carbocycles. The van der Waals surface area contributed by atoms with Crippen LogP contribution < -0.4 is 0 Å². The van der Waals surface area contributed by atoms with Crippen LogP contribution in [0.15, 0.2) is 0 Å². The van der Waals surface area contributed by atoms with Gasteiger partial charge in [-0.1, -0.05) is 12.8 Å². The van der Waals surface area contributed by atoms with Gasteiger partial charge in [-0.05, 0) is 44.4 Å². The summed E-state index contributed by atoms with van der Waals surface area (Å²) in [7, 11) is 0. The van der Waals surface area contributed by atoms with Crippen molar-refractivity contribution in [2.45, 2.75) is 76.0 Å². The van der Waals surface area contributed by atoms with E-state index in [1.807, 2.05) is 0 Å². The van der Waals surface area contributed by atoms with Crippen molar-refractivity contribution >= 4 is 11.9 Å². The van der Waals surface area contributed by atoms with Crippen molar-refractivity contribution < 1.29 is 19.4 Å². The van der Waals surface area contributed by atoms with E-state index in [0.717, 1.165) is 45.1 Å². The van der Waals surface area contributed by atoms with Gasteiger partial charge in [0.2, 0.25) is 5.91 Å². The standard InChI is InChI=1S/C16H25NO4/c18-15(8-7-12-5-3-9-21-12)17-13-6-2-1-4-11(13)10-14(17)16(19)20/h11-14H,1-10H2,(H,19,20)/t11-,12-,13-,14-/m0/s1. The number of amides is 1. The largest absolute Gasteiger partial charge is 0.480 e. The number of fused-ring (bicyclic) bond motifs is 1. The maximum Gasteiger partial charge on any atom is 0.326 e. The van der Waals surface area contributed by atoms with E-state index >= 15 is 0 Å². The molecule has 1 N–H and O–H groups in total. The number of likely N-dealkylation sites (tertiary alicyclic amines) is 1. The van der Waals surface area contributed by atoms with Gasteiger partial charge in [0.1, 0.15) is 6.04 Å². The van der Waals surface area contributed by atoms with Crippen LogP contribution in [0.2, 0.25) is 0 Å². The summed E-state index contributed by atoms with van der Waals surface area (Å²) in [6.07, 6.45) is 8.44. The molecule has 118 valence electrons. The first-order valence-corrected chi connectivity index (χ1v) is 8.32. The fraction of sp³-hybridized carbons (Fsp3) is 0.875. The van der Waals surface area contributed by atoms with E-state index in [9.17, 15) is 14.7 Å². The van der Waals surface area contributed by atoms with E-state index in [0.29, 0.717) is 18.8 Å². The van der Waals surface area contributed by atoms with E-state index < -0.39 is 12.0 Å². The van der Waals surface area contributed by atoms with Crippen LogP contribution in [0.25, 0.3) is 0 Å². The van der Waals surface area contributed by atoms with Crippen molar-refractivity contribution in [3.63, 3.8) is 0 Å². The molecule has 5 heteroatoms. The lowest BCUT2D eigenvalue weighted by Gasteiger charge is -2.33. The van der Waals surface area contributed by atoms with Gasteiger partial charge in [-0.3, -0.25) is 4.79 Å². The van der Waals surface area contributed by atoms with Gasteiger partial charge in [-0.25, -0.2) is 4.79 Å². The molecule has 0 aromatic rings. The van der Waals surface area contributed by atoms with E-state index in [-0.39, 0.29) is 18.1 Å². The summed E-state index contributed by atoms with van der Waals surface area (Å²) in [6, 6.07) is -0.438. The average molecular weight is 295 g/mol. The van der Waals surface area contributed by atoms with E-state index in [1.54, 1.807) is 4.90 Å². The molecule has 2 saturated heterocycles. The molecule has 3 rings (SSSR count). The molecule has 2 aliphatic heterocycles. The fourth-order valence-electron chi connectivity index (χ4n) is 4.32. The molecule has 3 aliphatic rings. The molecule has 21 heavy (non-hydrogen) atoms. The van der Waals surface area contributed by atoms with Gasteiger partial charge in [-0.2, -0.15) is 0 Å². The van der Waals surface area contributed by atoms with E-state index in [2.05, 4.69) is 0 Å². The average Bonchev–Trinajstić information content (AvgIpc) is 3.11. The molecule has 0 aromatic carbocycles. The van der Waals surface area contributed by atoms with Crippen LogP contribution in [0.4, 0.5) is 0 Å². The number of hydrogen-bond acceptors (Lipinski definition) is 3. The summed E-state index contributed by atoms with van der Waals surface area (Å²) in [5.74, 6) is -0.423. The number of aliphatic carboxylic acids is 1. The van der Waals surface area contributed by atoms with Crippen molar-refractivity contribution in [2.75, 3.05) is 6.61 Å². The Hall–Kier alpha value is -1.10. The number of hydrogen-bond donors (Lipinski definition) is 1. The van der Waals surface area contributed by atoms with Crippen molar-refractivity contribution in [3.8, 4) is 0 Å². The lowest BCUT2D eigenvalue weighted by atomic mass is 9.84. The Labute approximate surface area is 125 Å². The second-order valence-electron chi connectivity index (χ2n) is 6.68. The molecule has 0 bridgehead atoms. The SMILES string of the molecule is O=C(O)[C@@H]1C[C@@H]2CCCC[C@@H]2N1C(=O)CC[C@@H]1CCCO1. The van der Waals surface area contributed by atoms with Gasteiger partial charge >= 0.3 is 5.97 Å². The Morgan fingerprint density at radius 1 is 1.14 bits per heavy atom. The monoisotopic (exact) mass is 295 g/mol. The summed E-state index contributed by atoms with van der Waals surface area (Å²) in [5.41, 5.74) is 0. The van der Waals surface area contributed by atoms with Crippen LogP contribution in [0.3, 0.4) is 0 Å². The van der Waals surface area contributed by atoms with Crippen LogP contribution in [0, 0.1) is 5.92 Å². The van der Waals surface area contributed by atoms with Crippen LogP contribution in [0.1, 0.15) is 57.8 Å². The van der Waals surface area contributed by atoms with Gasteiger partial charge in [0, 0.05) is 19.1 Å². The molecule has 3 fully saturated rings. The molecule has 0 spiro atoms. The Kier molecular flexibility index (Phi) is 4.48. The van der Waals surface area contributed by atoms with Crippen molar-refractivity contribution in [2.24, 2.45) is 5.92 Å². The first kappa shape index (κ1) is 14.8. The highest BCUT2D eigenvalue weighted by atomic mass is 16.5. The molecule has 0 radical (unpaired) electrons. The Bertz CT molecular complexity index is 405. The van der Waals surface area contributed by atoms with Crippen LogP contribution in [0.5, 0.6) is 0 Å². The molecule has 5 nitrogen and oxygen atoms in total. The van der Waals surface area contributed by atoms with E-state index in [4.69, 9.17) is 4.74 Å². The zero-order valence-electron chi connectivity index (χ0n) is 12.5. The molecule has 1 aliphatic carbocycles. The number of rotatable bonds is 4.